The number of Topliss-reactive ketones (excluding diaryl/α,β-unsaturated/α-hetero) is 1. The van der Waals surface area contributed by atoms with E-state index in [4.69, 9.17) is 0 Å². The van der Waals surface area contributed by atoms with Gasteiger partial charge in [-0.3, -0.25) is 4.79 Å². The molecule has 0 N–H and O–H groups in total. The number of carbonyl (C=O) groups is 1. The number of thiophene rings is 1. The zero-order chi connectivity index (χ0) is 8.84. The second kappa shape index (κ2) is 2.42. The summed E-state index contributed by atoms with van der Waals surface area (Å²) in [5, 5.41) is 3.21. The molecule has 1 aliphatic carbocycles. The largest absolute Gasteiger partial charge is 0.294 e. The molecule has 13 heavy (non-hydrogen) atoms. The van der Waals surface area contributed by atoms with Gasteiger partial charge in [0.1, 0.15) is 0 Å². The highest BCUT2D eigenvalue weighted by Gasteiger charge is 2.19. The number of benzene rings is 1. The molecule has 0 fully saturated rings. The van der Waals surface area contributed by atoms with Crippen LogP contribution in [0.3, 0.4) is 0 Å². The molecule has 64 valence electrons. The van der Waals surface area contributed by atoms with Gasteiger partial charge < -0.3 is 0 Å². The Morgan fingerprint density at radius 1 is 1.23 bits per heavy atom. The number of carbonyl (C=O) groups excluding carboxylic acids is 1. The lowest BCUT2D eigenvalue weighted by atomic mass is 9.92. The van der Waals surface area contributed by atoms with E-state index in [1.54, 1.807) is 11.3 Å². The summed E-state index contributed by atoms with van der Waals surface area (Å²) in [7, 11) is 0. The van der Waals surface area contributed by atoms with Crippen LogP contribution in [0.4, 0.5) is 0 Å². The van der Waals surface area contributed by atoms with Gasteiger partial charge in [0, 0.05) is 27.5 Å². The quantitative estimate of drug-likeness (QED) is 0.621. The summed E-state index contributed by atoms with van der Waals surface area (Å²) in [6.45, 7) is 0. The summed E-state index contributed by atoms with van der Waals surface area (Å²) < 4.78 is 1.25. The average molecular weight is 188 g/mol. The Kier molecular flexibility index (Phi) is 1.35. The lowest BCUT2D eigenvalue weighted by Gasteiger charge is -2.10. The molecular formula is C11H8OS. The van der Waals surface area contributed by atoms with Gasteiger partial charge in [0.25, 0.3) is 0 Å². The molecule has 1 aromatic heterocycles. The fourth-order valence-corrected chi connectivity index (χ4v) is 2.97. The van der Waals surface area contributed by atoms with Crippen molar-refractivity contribution in [1.82, 2.24) is 0 Å². The van der Waals surface area contributed by atoms with Crippen LogP contribution in [0, 0.1) is 0 Å². The molecule has 0 saturated carbocycles. The van der Waals surface area contributed by atoms with Crippen LogP contribution in [0.5, 0.6) is 0 Å². The van der Waals surface area contributed by atoms with E-state index in [0.29, 0.717) is 12.2 Å². The van der Waals surface area contributed by atoms with E-state index in [2.05, 4.69) is 18.2 Å². The van der Waals surface area contributed by atoms with Gasteiger partial charge in [0.2, 0.25) is 0 Å². The van der Waals surface area contributed by atoms with Gasteiger partial charge in [-0.25, -0.2) is 0 Å². The molecule has 0 bridgehead atoms. The third-order valence-electron chi connectivity index (χ3n) is 2.61. The standard InChI is InChI=1S/C11H8OS/c12-9-5-4-7-2-1-3-10-11(7)8(9)6-13-10/h1-3,6H,4-5H2. The van der Waals surface area contributed by atoms with Crippen molar-refractivity contribution in [1.29, 1.82) is 0 Å². The molecule has 0 unspecified atom stereocenters. The van der Waals surface area contributed by atoms with Gasteiger partial charge >= 0.3 is 0 Å². The first-order chi connectivity index (χ1) is 6.36. The Morgan fingerprint density at radius 3 is 3.08 bits per heavy atom. The van der Waals surface area contributed by atoms with Crippen LogP contribution in [0.15, 0.2) is 23.6 Å². The van der Waals surface area contributed by atoms with E-state index in [-0.39, 0.29) is 0 Å². The molecule has 1 aromatic carbocycles. The van der Waals surface area contributed by atoms with Crippen molar-refractivity contribution in [2.45, 2.75) is 12.8 Å². The topological polar surface area (TPSA) is 17.1 Å². The fraction of sp³-hybridized carbons (Fsp3) is 0.182. The molecule has 2 aromatic rings. The predicted molar refractivity (Wildman–Crippen MR) is 54.5 cm³/mol. The first kappa shape index (κ1) is 7.27. The lowest BCUT2D eigenvalue weighted by molar-refractivity contribution is 0.0982. The number of ketones is 1. The molecule has 2 heteroatoms. The SMILES string of the molecule is O=C1CCc2cccc3scc1c23. The third-order valence-corrected chi connectivity index (χ3v) is 3.56. The number of aryl methyl sites for hydroxylation is 1. The van der Waals surface area contributed by atoms with Crippen LogP contribution >= 0.6 is 11.3 Å². The number of hydrogen-bond donors (Lipinski definition) is 0. The molecule has 0 atom stereocenters. The lowest BCUT2D eigenvalue weighted by Crippen LogP contribution is -2.06. The smallest absolute Gasteiger partial charge is 0.164 e. The minimum Gasteiger partial charge on any atom is -0.294 e. The Labute approximate surface area is 80.0 Å². The molecule has 0 aliphatic heterocycles. The summed E-state index contributed by atoms with van der Waals surface area (Å²) >= 11 is 1.68. The van der Waals surface area contributed by atoms with Crippen molar-refractivity contribution in [3.63, 3.8) is 0 Å². The Balaban J connectivity index is 2.51. The summed E-state index contributed by atoms with van der Waals surface area (Å²) in [5.41, 5.74) is 2.29. The maximum Gasteiger partial charge on any atom is 0.164 e. The minimum atomic E-state index is 0.310. The number of rotatable bonds is 0. The van der Waals surface area contributed by atoms with Crippen LogP contribution in [0.1, 0.15) is 22.3 Å². The van der Waals surface area contributed by atoms with Crippen LogP contribution in [0.25, 0.3) is 10.1 Å². The molecular weight excluding hydrogens is 180 g/mol. The maximum absolute atomic E-state index is 11.5. The van der Waals surface area contributed by atoms with Gasteiger partial charge in [-0.05, 0) is 18.1 Å². The Morgan fingerprint density at radius 2 is 2.15 bits per heavy atom. The van der Waals surface area contributed by atoms with Gasteiger partial charge in [0.05, 0.1) is 0 Å². The molecule has 3 rings (SSSR count). The summed E-state index contributed by atoms with van der Waals surface area (Å²) in [6.07, 6.45) is 1.60. The van der Waals surface area contributed by atoms with Crippen molar-refractivity contribution in [3.8, 4) is 0 Å². The Bertz CT molecular complexity index is 496. The summed E-state index contributed by atoms with van der Waals surface area (Å²) in [4.78, 5) is 11.5. The molecule has 1 aliphatic rings. The van der Waals surface area contributed by atoms with Crippen molar-refractivity contribution in [2.75, 3.05) is 0 Å². The van der Waals surface area contributed by atoms with Crippen molar-refractivity contribution in [2.24, 2.45) is 0 Å². The molecule has 0 radical (unpaired) electrons. The zero-order valence-electron chi connectivity index (χ0n) is 7.04. The van der Waals surface area contributed by atoms with Gasteiger partial charge in [-0.15, -0.1) is 11.3 Å². The van der Waals surface area contributed by atoms with Crippen molar-refractivity contribution in [3.05, 3.63) is 34.7 Å². The van der Waals surface area contributed by atoms with Crippen LogP contribution in [-0.2, 0) is 6.42 Å². The second-order valence-electron chi connectivity index (χ2n) is 3.36. The molecule has 0 spiro atoms. The zero-order valence-corrected chi connectivity index (χ0v) is 7.86. The number of hydrogen-bond acceptors (Lipinski definition) is 2. The van der Waals surface area contributed by atoms with Crippen LogP contribution in [-0.4, -0.2) is 5.78 Å². The highest BCUT2D eigenvalue weighted by atomic mass is 32.1. The third kappa shape index (κ3) is 0.893. The Hall–Kier alpha value is -1.15. The summed E-state index contributed by atoms with van der Waals surface area (Å²) in [5.74, 6) is 0.310. The predicted octanol–water partition coefficient (Wildman–Crippen LogP) is 3.03. The van der Waals surface area contributed by atoms with Crippen LogP contribution < -0.4 is 0 Å². The molecule has 1 nitrogen and oxygen atoms in total. The van der Waals surface area contributed by atoms with Crippen molar-refractivity contribution >= 4 is 27.2 Å². The van der Waals surface area contributed by atoms with E-state index in [1.165, 1.54) is 15.6 Å². The first-order valence-electron chi connectivity index (χ1n) is 4.38. The first-order valence-corrected chi connectivity index (χ1v) is 5.26. The molecule has 1 heterocycles. The second-order valence-corrected chi connectivity index (χ2v) is 4.27. The average Bonchev–Trinajstić information content (AvgIpc) is 2.57. The van der Waals surface area contributed by atoms with Crippen LogP contribution in [0.2, 0.25) is 0 Å². The highest BCUT2D eigenvalue weighted by molar-refractivity contribution is 7.17. The highest BCUT2D eigenvalue weighted by Crippen LogP contribution is 2.33. The molecule has 0 amide bonds. The van der Waals surface area contributed by atoms with E-state index in [9.17, 15) is 4.79 Å². The van der Waals surface area contributed by atoms with Crippen molar-refractivity contribution < 1.29 is 4.79 Å². The molecule has 0 saturated heterocycles. The van der Waals surface area contributed by atoms with Gasteiger partial charge in [-0.2, -0.15) is 0 Å². The minimum absolute atomic E-state index is 0.310. The normalized spacial score (nSPS) is 15.2. The van der Waals surface area contributed by atoms with E-state index >= 15 is 0 Å². The maximum atomic E-state index is 11.5. The van der Waals surface area contributed by atoms with E-state index in [0.717, 1.165) is 12.0 Å². The van der Waals surface area contributed by atoms with E-state index < -0.39 is 0 Å². The fourth-order valence-electron chi connectivity index (χ4n) is 1.96. The van der Waals surface area contributed by atoms with E-state index in [1.807, 2.05) is 5.38 Å². The summed E-state index contributed by atoms with van der Waals surface area (Å²) in [6, 6.07) is 6.30. The monoisotopic (exact) mass is 188 g/mol. The van der Waals surface area contributed by atoms with Gasteiger partial charge in [0.15, 0.2) is 5.78 Å². The van der Waals surface area contributed by atoms with Gasteiger partial charge in [-0.1, -0.05) is 12.1 Å².